The van der Waals surface area contributed by atoms with Gasteiger partial charge in [0.25, 0.3) is 0 Å². The smallest absolute Gasteiger partial charge is 0.224 e. The van der Waals surface area contributed by atoms with Crippen molar-refractivity contribution in [2.75, 3.05) is 25.5 Å². The van der Waals surface area contributed by atoms with Gasteiger partial charge in [0.2, 0.25) is 11.9 Å². The normalized spacial score (nSPS) is 11.0. The van der Waals surface area contributed by atoms with Crippen molar-refractivity contribution < 1.29 is 4.79 Å². The van der Waals surface area contributed by atoms with E-state index in [-0.39, 0.29) is 36.6 Å². The Balaban J connectivity index is 0. The maximum atomic E-state index is 11.6. The molecule has 112 valence electrons. The van der Waals surface area contributed by atoms with Crippen LogP contribution in [0.4, 0.5) is 5.95 Å². The highest BCUT2D eigenvalue weighted by Crippen LogP contribution is 2.10. The number of aromatic nitrogens is 2. The highest BCUT2D eigenvalue weighted by molar-refractivity contribution is 5.85. The summed E-state index contributed by atoms with van der Waals surface area (Å²) < 4.78 is 1.95. The molecule has 1 heterocycles. The summed E-state index contributed by atoms with van der Waals surface area (Å²) >= 11 is 0. The average molecular weight is 312 g/mol. The van der Waals surface area contributed by atoms with Crippen LogP contribution < -0.4 is 16.0 Å². The van der Waals surface area contributed by atoms with Gasteiger partial charge in [0.1, 0.15) is 0 Å². The second-order valence-corrected chi connectivity index (χ2v) is 4.36. The number of carbonyl (C=O) groups is 1. The Morgan fingerprint density at radius 2 is 2.11 bits per heavy atom. The van der Waals surface area contributed by atoms with E-state index >= 15 is 0 Å². The van der Waals surface area contributed by atoms with Gasteiger partial charge in [0, 0.05) is 33.6 Å². The number of nitrogens with zero attached hydrogens (tertiary/aromatic N) is 3. The lowest BCUT2D eigenvalue weighted by molar-refractivity contribution is -0.124. The summed E-state index contributed by atoms with van der Waals surface area (Å²) in [5.41, 5.74) is 6.39. The van der Waals surface area contributed by atoms with Crippen molar-refractivity contribution >= 4 is 36.7 Å². The van der Waals surface area contributed by atoms with Gasteiger partial charge in [-0.2, -0.15) is 0 Å². The molecule has 0 saturated carbocycles. The summed E-state index contributed by atoms with van der Waals surface area (Å²) in [6.45, 7) is 2.64. The SMILES string of the molecule is CC(CN)C(=O)NCc1cnc(N(C)C)n1C.Cl.Cl. The Morgan fingerprint density at radius 3 is 2.53 bits per heavy atom. The number of halogens is 2. The van der Waals surface area contributed by atoms with E-state index in [1.54, 1.807) is 6.20 Å². The molecule has 0 aliphatic carbocycles. The fourth-order valence-electron chi connectivity index (χ4n) is 1.47. The third-order valence-corrected chi connectivity index (χ3v) is 2.70. The topological polar surface area (TPSA) is 76.2 Å². The van der Waals surface area contributed by atoms with E-state index in [4.69, 9.17) is 5.73 Å². The van der Waals surface area contributed by atoms with E-state index in [0.29, 0.717) is 13.1 Å². The van der Waals surface area contributed by atoms with E-state index in [0.717, 1.165) is 11.6 Å². The third-order valence-electron chi connectivity index (χ3n) is 2.70. The molecule has 0 radical (unpaired) electrons. The van der Waals surface area contributed by atoms with Crippen molar-refractivity contribution in [1.82, 2.24) is 14.9 Å². The molecular weight excluding hydrogens is 289 g/mol. The molecule has 0 saturated heterocycles. The van der Waals surface area contributed by atoms with Crippen molar-refractivity contribution in [1.29, 1.82) is 0 Å². The molecule has 0 aliphatic rings. The Labute approximate surface area is 126 Å². The largest absolute Gasteiger partial charge is 0.350 e. The van der Waals surface area contributed by atoms with E-state index in [2.05, 4.69) is 10.3 Å². The Hall–Kier alpha value is -0.980. The van der Waals surface area contributed by atoms with Crippen LogP contribution in [0.3, 0.4) is 0 Å². The second kappa shape index (κ2) is 9.01. The zero-order chi connectivity index (χ0) is 13.0. The number of nitrogens with one attached hydrogen (secondary N) is 1. The maximum Gasteiger partial charge on any atom is 0.224 e. The van der Waals surface area contributed by atoms with Gasteiger partial charge in [-0.3, -0.25) is 4.79 Å². The first-order chi connectivity index (χ1) is 7.97. The molecule has 1 aromatic heterocycles. The molecule has 8 heteroatoms. The number of hydrogen-bond acceptors (Lipinski definition) is 4. The lowest BCUT2D eigenvalue weighted by Crippen LogP contribution is -2.33. The van der Waals surface area contributed by atoms with E-state index < -0.39 is 0 Å². The number of rotatable bonds is 5. The molecule has 19 heavy (non-hydrogen) atoms. The average Bonchev–Trinajstić information content (AvgIpc) is 2.66. The fourth-order valence-corrected chi connectivity index (χ4v) is 1.47. The second-order valence-electron chi connectivity index (χ2n) is 4.36. The molecule has 0 aromatic carbocycles. The number of hydrogen-bond donors (Lipinski definition) is 2. The first-order valence-electron chi connectivity index (χ1n) is 5.63. The molecule has 6 nitrogen and oxygen atoms in total. The lowest BCUT2D eigenvalue weighted by Gasteiger charge is -2.13. The summed E-state index contributed by atoms with van der Waals surface area (Å²) in [5.74, 6) is 0.678. The summed E-state index contributed by atoms with van der Waals surface area (Å²) in [6.07, 6.45) is 1.77. The van der Waals surface area contributed by atoms with Gasteiger partial charge < -0.3 is 20.5 Å². The molecule has 1 amide bonds. The molecular formula is C11H23Cl2N5O. The quantitative estimate of drug-likeness (QED) is 0.832. The Morgan fingerprint density at radius 1 is 1.53 bits per heavy atom. The highest BCUT2D eigenvalue weighted by Gasteiger charge is 2.12. The Bertz CT molecular complexity index is 394. The number of carbonyl (C=O) groups excluding carboxylic acids is 1. The predicted octanol–water partition coefficient (Wildman–Crippen LogP) is 0.541. The number of anilines is 1. The van der Waals surface area contributed by atoms with Crippen molar-refractivity contribution in [2.24, 2.45) is 18.7 Å². The molecule has 3 N–H and O–H groups in total. The highest BCUT2D eigenvalue weighted by atomic mass is 35.5. The van der Waals surface area contributed by atoms with Gasteiger partial charge in [-0.25, -0.2) is 4.98 Å². The molecule has 1 atom stereocenters. The third kappa shape index (κ3) is 5.26. The molecule has 0 bridgehead atoms. The maximum absolute atomic E-state index is 11.6. The minimum Gasteiger partial charge on any atom is -0.350 e. The van der Waals surface area contributed by atoms with Gasteiger partial charge in [0.05, 0.1) is 18.4 Å². The molecule has 1 aromatic rings. The predicted molar refractivity (Wildman–Crippen MR) is 82.1 cm³/mol. The van der Waals surface area contributed by atoms with Crippen LogP contribution in [0.5, 0.6) is 0 Å². The van der Waals surface area contributed by atoms with Crippen molar-refractivity contribution in [3.8, 4) is 0 Å². The van der Waals surface area contributed by atoms with Crippen LogP contribution in [0.15, 0.2) is 6.20 Å². The molecule has 0 spiro atoms. The molecule has 0 aliphatic heterocycles. The Kier molecular flexibility index (Phi) is 9.64. The lowest BCUT2D eigenvalue weighted by atomic mass is 10.2. The van der Waals surface area contributed by atoms with E-state index in [9.17, 15) is 4.79 Å². The van der Waals surface area contributed by atoms with Crippen molar-refractivity contribution in [3.05, 3.63) is 11.9 Å². The van der Waals surface area contributed by atoms with Crippen LogP contribution >= 0.6 is 24.8 Å². The molecule has 1 unspecified atom stereocenters. The van der Waals surface area contributed by atoms with E-state index in [1.165, 1.54) is 0 Å². The van der Waals surface area contributed by atoms with Crippen molar-refractivity contribution in [3.63, 3.8) is 0 Å². The number of imidazole rings is 1. The van der Waals surface area contributed by atoms with Gasteiger partial charge in [-0.1, -0.05) is 6.92 Å². The first kappa shape index (κ1) is 20.3. The fraction of sp³-hybridized carbons (Fsp3) is 0.636. The minimum absolute atomic E-state index is 0. The van der Waals surface area contributed by atoms with Crippen LogP contribution in [-0.2, 0) is 18.4 Å². The summed E-state index contributed by atoms with van der Waals surface area (Å²) in [5, 5.41) is 2.84. The van der Waals surface area contributed by atoms with Gasteiger partial charge >= 0.3 is 0 Å². The standard InChI is InChI=1S/C11H21N5O.2ClH/c1-8(5-12)10(17)13-6-9-7-14-11(15(2)3)16(9)4;;/h7-8H,5-6,12H2,1-4H3,(H,13,17);2*1H. The van der Waals surface area contributed by atoms with Crippen LogP contribution in [0.2, 0.25) is 0 Å². The summed E-state index contributed by atoms with van der Waals surface area (Å²) in [4.78, 5) is 17.8. The van der Waals surface area contributed by atoms with Gasteiger partial charge in [-0.05, 0) is 0 Å². The van der Waals surface area contributed by atoms with Gasteiger partial charge in [-0.15, -0.1) is 24.8 Å². The summed E-state index contributed by atoms with van der Waals surface area (Å²) in [7, 11) is 5.79. The van der Waals surface area contributed by atoms with Crippen LogP contribution in [0.1, 0.15) is 12.6 Å². The van der Waals surface area contributed by atoms with Crippen molar-refractivity contribution in [2.45, 2.75) is 13.5 Å². The van der Waals surface area contributed by atoms with Crippen LogP contribution in [-0.4, -0.2) is 36.1 Å². The zero-order valence-electron chi connectivity index (χ0n) is 11.7. The number of amides is 1. The zero-order valence-corrected chi connectivity index (χ0v) is 13.3. The number of nitrogens with two attached hydrogens (primary N) is 1. The van der Waals surface area contributed by atoms with E-state index in [1.807, 2.05) is 37.5 Å². The van der Waals surface area contributed by atoms with Crippen LogP contribution in [0, 0.1) is 5.92 Å². The van der Waals surface area contributed by atoms with Gasteiger partial charge in [0.15, 0.2) is 0 Å². The molecule has 0 fully saturated rings. The molecule has 1 rings (SSSR count). The monoisotopic (exact) mass is 311 g/mol. The first-order valence-corrected chi connectivity index (χ1v) is 5.63. The minimum atomic E-state index is -0.156. The summed E-state index contributed by atoms with van der Waals surface area (Å²) in [6, 6.07) is 0. The van der Waals surface area contributed by atoms with Crippen LogP contribution in [0.25, 0.3) is 0 Å².